The minimum Gasteiger partial charge on any atom is -0.467 e. The quantitative estimate of drug-likeness (QED) is 0.654. The average Bonchev–Trinajstić information content (AvgIpc) is 3.37. The van der Waals surface area contributed by atoms with Gasteiger partial charge < -0.3 is 18.6 Å². The van der Waals surface area contributed by atoms with Gasteiger partial charge in [0.25, 0.3) is 0 Å². The zero-order chi connectivity index (χ0) is 17.9. The van der Waals surface area contributed by atoms with Crippen LogP contribution in [0.3, 0.4) is 0 Å². The molecule has 4 rings (SSSR count). The van der Waals surface area contributed by atoms with E-state index < -0.39 is 0 Å². The van der Waals surface area contributed by atoms with E-state index in [1.54, 1.807) is 6.26 Å². The molecule has 3 aromatic rings. The van der Waals surface area contributed by atoms with Gasteiger partial charge in [0.15, 0.2) is 0 Å². The van der Waals surface area contributed by atoms with E-state index in [2.05, 4.69) is 0 Å². The first-order valence-corrected chi connectivity index (χ1v) is 9.23. The summed E-state index contributed by atoms with van der Waals surface area (Å²) in [6, 6.07) is 11.4. The first-order chi connectivity index (χ1) is 12.7. The molecule has 1 aliphatic heterocycles. The number of hydrogen-bond acceptors (Lipinski definition) is 3. The summed E-state index contributed by atoms with van der Waals surface area (Å²) in [7, 11) is 0. The molecule has 1 aliphatic rings. The molecule has 0 spiro atoms. The minimum atomic E-state index is 0.0365. The van der Waals surface area contributed by atoms with Crippen molar-refractivity contribution in [1.82, 2.24) is 9.47 Å². The van der Waals surface area contributed by atoms with E-state index in [9.17, 15) is 4.79 Å². The second-order valence-electron chi connectivity index (χ2n) is 6.64. The summed E-state index contributed by atoms with van der Waals surface area (Å²) >= 11 is 6.12. The molecule has 0 N–H and O–H groups in total. The SMILES string of the molecule is O=C(Cn1ccc2ccc(Cl)cc21)N(Cc1ccco1)CC1CCCO1. The molecule has 1 unspecified atom stereocenters. The standard InChI is InChI=1S/C20H21ClN2O3/c21-16-6-5-15-7-8-22(19(15)11-16)14-20(24)23(12-17-3-1-9-25-17)13-18-4-2-10-26-18/h1,3,5-9,11,18H,2,4,10,12-14H2. The topological polar surface area (TPSA) is 47.6 Å². The van der Waals surface area contributed by atoms with E-state index in [0.717, 1.165) is 36.1 Å². The van der Waals surface area contributed by atoms with Gasteiger partial charge in [-0.2, -0.15) is 0 Å². The zero-order valence-corrected chi connectivity index (χ0v) is 15.2. The van der Waals surface area contributed by atoms with E-state index in [-0.39, 0.29) is 18.6 Å². The normalized spacial score (nSPS) is 17.0. The Hall–Kier alpha value is -2.24. The first kappa shape index (κ1) is 17.2. The van der Waals surface area contributed by atoms with Crippen molar-refractivity contribution in [2.75, 3.05) is 13.2 Å². The molecular weight excluding hydrogens is 352 g/mol. The summed E-state index contributed by atoms with van der Waals surface area (Å²) in [5.74, 6) is 0.811. The number of fused-ring (bicyclic) bond motifs is 1. The fourth-order valence-corrected chi connectivity index (χ4v) is 3.59. The van der Waals surface area contributed by atoms with Crippen LogP contribution in [0.5, 0.6) is 0 Å². The molecule has 1 atom stereocenters. The van der Waals surface area contributed by atoms with Gasteiger partial charge in [-0.3, -0.25) is 4.79 Å². The smallest absolute Gasteiger partial charge is 0.243 e. The number of carbonyl (C=O) groups is 1. The zero-order valence-electron chi connectivity index (χ0n) is 14.4. The molecule has 0 aliphatic carbocycles. The van der Waals surface area contributed by atoms with Crippen LogP contribution < -0.4 is 0 Å². The molecule has 1 fully saturated rings. The lowest BCUT2D eigenvalue weighted by Gasteiger charge is -2.25. The Morgan fingerprint density at radius 2 is 2.23 bits per heavy atom. The van der Waals surface area contributed by atoms with Gasteiger partial charge >= 0.3 is 0 Å². The Morgan fingerprint density at radius 3 is 3.00 bits per heavy atom. The van der Waals surface area contributed by atoms with Crippen molar-refractivity contribution in [3.63, 3.8) is 0 Å². The van der Waals surface area contributed by atoms with Crippen molar-refractivity contribution < 1.29 is 13.9 Å². The molecular formula is C20H21ClN2O3. The largest absolute Gasteiger partial charge is 0.467 e. The average molecular weight is 373 g/mol. The second kappa shape index (κ2) is 7.56. The third-order valence-corrected chi connectivity index (χ3v) is 5.00. The van der Waals surface area contributed by atoms with Crippen LogP contribution in [0.2, 0.25) is 5.02 Å². The number of carbonyl (C=O) groups excluding carboxylic acids is 1. The number of aromatic nitrogens is 1. The Kier molecular flexibility index (Phi) is 5.00. The summed E-state index contributed by atoms with van der Waals surface area (Å²) in [6.07, 6.45) is 5.70. The van der Waals surface area contributed by atoms with Gasteiger partial charge in [0.05, 0.1) is 18.9 Å². The van der Waals surface area contributed by atoms with Crippen molar-refractivity contribution in [2.45, 2.75) is 32.0 Å². The third-order valence-electron chi connectivity index (χ3n) is 4.77. The fourth-order valence-electron chi connectivity index (χ4n) is 3.42. The van der Waals surface area contributed by atoms with E-state index in [0.29, 0.717) is 18.1 Å². The second-order valence-corrected chi connectivity index (χ2v) is 7.07. The van der Waals surface area contributed by atoms with Gasteiger partial charge in [-0.15, -0.1) is 0 Å². The highest BCUT2D eigenvalue weighted by atomic mass is 35.5. The van der Waals surface area contributed by atoms with Crippen LogP contribution in [0.15, 0.2) is 53.3 Å². The number of amides is 1. The Bertz CT molecular complexity index is 882. The van der Waals surface area contributed by atoms with Crippen LogP contribution >= 0.6 is 11.6 Å². The predicted octanol–water partition coefficient (Wildman–Crippen LogP) is 4.10. The first-order valence-electron chi connectivity index (χ1n) is 8.85. The summed E-state index contributed by atoms with van der Waals surface area (Å²) < 4.78 is 13.1. The lowest BCUT2D eigenvalue weighted by Crippen LogP contribution is -2.38. The number of benzene rings is 1. The van der Waals surface area contributed by atoms with Crippen LogP contribution in [0.1, 0.15) is 18.6 Å². The van der Waals surface area contributed by atoms with Crippen LogP contribution in [0.25, 0.3) is 10.9 Å². The van der Waals surface area contributed by atoms with E-state index >= 15 is 0 Å². The molecule has 5 nitrogen and oxygen atoms in total. The van der Waals surface area contributed by atoms with E-state index in [1.807, 2.05) is 52.1 Å². The van der Waals surface area contributed by atoms with Gasteiger partial charge in [-0.25, -0.2) is 0 Å². The summed E-state index contributed by atoms with van der Waals surface area (Å²) in [5, 5.41) is 1.73. The van der Waals surface area contributed by atoms with Gasteiger partial charge in [-0.1, -0.05) is 17.7 Å². The maximum atomic E-state index is 13.0. The third kappa shape index (κ3) is 3.79. The highest BCUT2D eigenvalue weighted by molar-refractivity contribution is 6.31. The monoisotopic (exact) mass is 372 g/mol. The molecule has 2 aromatic heterocycles. The van der Waals surface area contributed by atoms with Gasteiger partial charge in [-0.05, 0) is 48.6 Å². The molecule has 3 heterocycles. The van der Waals surface area contributed by atoms with Crippen molar-refractivity contribution in [3.8, 4) is 0 Å². The maximum absolute atomic E-state index is 13.0. The van der Waals surface area contributed by atoms with Crippen LogP contribution in [-0.4, -0.2) is 34.6 Å². The molecule has 1 saturated heterocycles. The van der Waals surface area contributed by atoms with Crippen LogP contribution in [0.4, 0.5) is 0 Å². The molecule has 1 aromatic carbocycles. The van der Waals surface area contributed by atoms with E-state index in [4.69, 9.17) is 20.8 Å². The molecule has 1 amide bonds. The predicted molar refractivity (Wildman–Crippen MR) is 100 cm³/mol. The van der Waals surface area contributed by atoms with Crippen molar-refractivity contribution in [3.05, 3.63) is 59.6 Å². The van der Waals surface area contributed by atoms with Crippen molar-refractivity contribution in [1.29, 1.82) is 0 Å². The number of nitrogens with zero attached hydrogens (tertiary/aromatic N) is 2. The molecule has 0 radical (unpaired) electrons. The molecule has 136 valence electrons. The van der Waals surface area contributed by atoms with Gasteiger partial charge in [0.1, 0.15) is 12.3 Å². The van der Waals surface area contributed by atoms with Gasteiger partial charge in [0, 0.05) is 29.9 Å². The van der Waals surface area contributed by atoms with Crippen LogP contribution in [0, 0.1) is 0 Å². The summed E-state index contributed by atoms with van der Waals surface area (Å²) in [4.78, 5) is 14.9. The Morgan fingerprint density at radius 1 is 1.31 bits per heavy atom. The molecule has 0 saturated carbocycles. The number of rotatable bonds is 6. The highest BCUT2D eigenvalue weighted by Gasteiger charge is 2.24. The Labute approximate surface area is 157 Å². The van der Waals surface area contributed by atoms with E-state index in [1.165, 1.54) is 0 Å². The van der Waals surface area contributed by atoms with Crippen molar-refractivity contribution in [2.24, 2.45) is 0 Å². The highest BCUT2D eigenvalue weighted by Crippen LogP contribution is 2.21. The van der Waals surface area contributed by atoms with Crippen molar-refractivity contribution >= 4 is 28.4 Å². The maximum Gasteiger partial charge on any atom is 0.243 e. The number of hydrogen-bond donors (Lipinski definition) is 0. The number of ether oxygens (including phenoxy) is 1. The lowest BCUT2D eigenvalue weighted by atomic mass is 10.2. The Balaban J connectivity index is 1.53. The fraction of sp³-hybridized carbons (Fsp3) is 0.350. The molecule has 26 heavy (non-hydrogen) atoms. The molecule has 0 bridgehead atoms. The van der Waals surface area contributed by atoms with Gasteiger partial charge in [0.2, 0.25) is 5.91 Å². The lowest BCUT2D eigenvalue weighted by molar-refractivity contribution is -0.134. The summed E-state index contributed by atoms with van der Waals surface area (Å²) in [6.45, 7) is 2.07. The number of furan rings is 1. The number of halogens is 1. The van der Waals surface area contributed by atoms with Crippen LogP contribution in [-0.2, 0) is 22.6 Å². The molecule has 6 heteroatoms. The summed E-state index contributed by atoms with van der Waals surface area (Å²) in [5.41, 5.74) is 0.959. The minimum absolute atomic E-state index is 0.0365.